The molecule has 0 bridgehead atoms. The number of ether oxygens (including phenoxy) is 1. The Labute approximate surface area is 100 Å². The van der Waals surface area contributed by atoms with Gasteiger partial charge in [-0.2, -0.15) is 0 Å². The van der Waals surface area contributed by atoms with Crippen LogP contribution in [0.25, 0.3) is 0 Å². The maximum absolute atomic E-state index is 5.84. The lowest BCUT2D eigenvalue weighted by molar-refractivity contribution is 0.00462. The highest BCUT2D eigenvalue weighted by molar-refractivity contribution is 4.79. The van der Waals surface area contributed by atoms with Gasteiger partial charge in [0.1, 0.15) is 0 Å². The molecule has 2 atom stereocenters. The minimum atomic E-state index is 0.539. The summed E-state index contributed by atoms with van der Waals surface area (Å²) in [6.45, 7) is 4.31. The Hall–Kier alpha value is -0.0800. The standard InChI is InChI=1S/C14H27NO/c1-2-15-13(9-8-12-6-7-12)11-14-5-3-4-10-16-14/h12-15H,2-11H2,1H3. The van der Waals surface area contributed by atoms with Crippen LogP contribution in [0.3, 0.4) is 0 Å². The topological polar surface area (TPSA) is 21.3 Å². The van der Waals surface area contributed by atoms with Gasteiger partial charge in [0.05, 0.1) is 6.10 Å². The maximum atomic E-state index is 5.84. The Morgan fingerprint density at radius 1 is 1.25 bits per heavy atom. The lowest BCUT2D eigenvalue weighted by Crippen LogP contribution is -2.34. The normalized spacial score (nSPS) is 27.9. The quantitative estimate of drug-likeness (QED) is 0.719. The summed E-state index contributed by atoms with van der Waals surface area (Å²) in [5, 5.41) is 3.63. The molecule has 1 heterocycles. The van der Waals surface area contributed by atoms with Crippen molar-refractivity contribution in [2.75, 3.05) is 13.2 Å². The molecule has 2 aliphatic rings. The number of hydrogen-bond donors (Lipinski definition) is 1. The third-order valence-electron chi connectivity index (χ3n) is 3.93. The Morgan fingerprint density at radius 2 is 2.12 bits per heavy atom. The zero-order valence-electron chi connectivity index (χ0n) is 10.7. The number of nitrogens with one attached hydrogen (secondary N) is 1. The predicted octanol–water partition coefficient (Wildman–Crippen LogP) is 3.11. The third kappa shape index (κ3) is 4.42. The van der Waals surface area contributed by atoms with E-state index in [1.807, 2.05) is 0 Å². The molecule has 2 fully saturated rings. The first kappa shape index (κ1) is 12.4. The molecule has 0 radical (unpaired) electrons. The van der Waals surface area contributed by atoms with Crippen molar-refractivity contribution in [3.05, 3.63) is 0 Å². The summed E-state index contributed by atoms with van der Waals surface area (Å²) in [5.74, 6) is 1.06. The fourth-order valence-corrected chi connectivity index (χ4v) is 2.75. The van der Waals surface area contributed by atoms with Crippen LogP contribution in [0.4, 0.5) is 0 Å². The molecule has 2 heteroatoms. The molecule has 1 saturated heterocycles. The Balaban J connectivity index is 1.66. The second-order valence-electron chi connectivity index (χ2n) is 5.50. The van der Waals surface area contributed by atoms with Crippen LogP contribution in [0.1, 0.15) is 58.3 Å². The van der Waals surface area contributed by atoms with E-state index in [2.05, 4.69) is 12.2 Å². The van der Waals surface area contributed by atoms with E-state index in [0.29, 0.717) is 12.1 Å². The summed E-state index contributed by atoms with van der Waals surface area (Å²) >= 11 is 0. The average Bonchev–Trinajstić information content (AvgIpc) is 3.11. The molecule has 0 aromatic heterocycles. The first-order valence-electron chi connectivity index (χ1n) is 7.23. The van der Waals surface area contributed by atoms with Crippen molar-refractivity contribution in [1.29, 1.82) is 0 Å². The Kier molecular flexibility index (Phi) is 5.11. The summed E-state index contributed by atoms with van der Waals surface area (Å²) in [6.07, 6.45) is 11.5. The van der Waals surface area contributed by atoms with Crippen molar-refractivity contribution >= 4 is 0 Å². The molecule has 1 aliphatic carbocycles. The monoisotopic (exact) mass is 225 g/mol. The van der Waals surface area contributed by atoms with Gasteiger partial charge in [-0.25, -0.2) is 0 Å². The van der Waals surface area contributed by atoms with Crippen LogP contribution in [0.15, 0.2) is 0 Å². The van der Waals surface area contributed by atoms with Crippen LogP contribution in [-0.4, -0.2) is 25.3 Å². The molecule has 0 spiro atoms. The van der Waals surface area contributed by atoms with Gasteiger partial charge in [0.15, 0.2) is 0 Å². The van der Waals surface area contributed by atoms with Crippen molar-refractivity contribution < 1.29 is 4.74 Å². The first-order valence-corrected chi connectivity index (χ1v) is 7.23. The lowest BCUT2D eigenvalue weighted by Gasteiger charge is -2.27. The molecule has 1 N–H and O–H groups in total. The van der Waals surface area contributed by atoms with Gasteiger partial charge in [-0.3, -0.25) is 0 Å². The van der Waals surface area contributed by atoms with Gasteiger partial charge >= 0.3 is 0 Å². The van der Waals surface area contributed by atoms with Gasteiger partial charge in [0, 0.05) is 12.6 Å². The van der Waals surface area contributed by atoms with Crippen molar-refractivity contribution in [2.45, 2.75) is 70.4 Å². The molecule has 1 aliphatic heterocycles. The van der Waals surface area contributed by atoms with Gasteiger partial charge in [0.25, 0.3) is 0 Å². The molecule has 2 unspecified atom stereocenters. The molecular weight excluding hydrogens is 198 g/mol. The fraction of sp³-hybridized carbons (Fsp3) is 1.00. The van der Waals surface area contributed by atoms with E-state index in [-0.39, 0.29) is 0 Å². The largest absolute Gasteiger partial charge is 0.378 e. The van der Waals surface area contributed by atoms with E-state index in [9.17, 15) is 0 Å². The summed E-state index contributed by atoms with van der Waals surface area (Å²) in [4.78, 5) is 0. The van der Waals surface area contributed by atoms with E-state index in [1.54, 1.807) is 0 Å². The fourth-order valence-electron chi connectivity index (χ4n) is 2.75. The van der Waals surface area contributed by atoms with Gasteiger partial charge in [-0.1, -0.05) is 19.8 Å². The van der Waals surface area contributed by atoms with Crippen molar-refractivity contribution in [1.82, 2.24) is 5.32 Å². The van der Waals surface area contributed by atoms with Gasteiger partial charge < -0.3 is 10.1 Å². The number of hydrogen-bond acceptors (Lipinski definition) is 2. The van der Waals surface area contributed by atoms with E-state index < -0.39 is 0 Å². The van der Waals surface area contributed by atoms with Crippen LogP contribution in [-0.2, 0) is 4.74 Å². The predicted molar refractivity (Wildman–Crippen MR) is 67.6 cm³/mol. The second-order valence-corrected chi connectivity index (χ2v) is 5.50. The Bertz CT molecular complexity index is 185. The van der Waals surface area contributed by atoms with Gasteiger partial charge in [-0.15, -0.1) is 0 Å². The van der Waals surface area contributed by atoms with E-state index >= 15 is 0 Å². The average molecular weight is 225 g/mol. The molecule has 1 saturated carbocycles. The highest BCUT2D eigenvalue weighted by Gasteiger charge is 2.24. The van der Waals surface area contributed by atoms with Crippen LogP contribution in [0.2, 0.25) is 0 Å². The van der Waals surface area contributed by atoms with E-state index in [4.69, 9.17) is 4.74 Å². The number of rotatable bonds is 7. The van der Waals surface area contributed by atoms with Gasteiger partial charge in [0.2, 0.25) is 0 Å². The molecule has 2 rings (SSSR count). The van der Waals surface area contributed by atoms with Crippen LogP contribution < -0.4 is 5.32 Å². The smallest absolute Gasteiger partial charge is 0.0590 e. The van der Waals surface area contributed by atoms with E-state index in [1.165, 1.54) is 51.4 Å². The molecule has 16 heavy (non-hydrogen) atoms. The van der Waals surface area contributed by atoms with Gasteiger partial charge in [-0.05, 0) is 51.0 Å². The van der Waals surface area contributed by atoms with E-state index in [0.717, 1.165) is 19.1 Å². The molecule has 0 aromatic carbocycles. The molecule has 0 amide bonds. The minimum Gasteiger partial charge on any atom is -0.378 e. The lowest BCUT2D eigenvalue weighted by atomic mass is 9.98. The molecule has 2 nitrogen and oxygen atoms in total. The second kappa shape index (κ2) is 6.61. The molecular formula is C14H27NO. The maximum Gasteiger partial charge on any atom is 0.0590 e. The summed E-state index contributed by atoms with van der Waals surface area (Å²) in [7, 11) is 0. The summed E-state index contributed by atoms with van der Waals surface area (Å²) in [5.41, 5.74) is 0. The molecule has 94 valence electrons. The van der Waals surface area contributed by atoms with Crippen molar-refractivity contribution in [2.24, 2.45) is 5.92 Å². The van der Waals surface area contributed by atoms with Crippen molar-refractivity contribution in [3.8, 4) is 0 Å². The third-order valence-corrected chi connectivity index (χ3v) is 3.93. The minimum absolute atomic E-state index is 0.539. The van der Waals surface area contributed by atoms with Crippen molar-refractivity contribution in [3.63, 3.8) is 0 Å². The summed E-state index contributed by atoms with van der Waals surface area (Å²) < 4.78 is 5.84. The SMILES string of the molecule is CCNC(CCC1CC1)CC1CCCCO1. The Morgan fingerprint density at radius 3 is 2.75 bits per heavy atom. The zero-order chi connectivity index (χ0) is 11.2. The van der Waals surface area contributed by atoms with Crippen LogP contribution in [0, 0.1) is 5.92 Å². The highest BCUT2D eigenvalue weighted by Crippen LogP contribution is 2.34. The zero-order valence-corrected chi connectivity index (χ0v) is 10.7. The highest BCUT2D eigenvalue weighted by atomic mass is 16.5. The summed E-state index contributed by atoms with van der Waals surface area (Å²) in [6, 6.07) is 0.702. The van der Waals surface area contributed by atoms with Crippen LogP contribution >= 0.6 is 0 Å². The molecule has 0 aromatic rings. The first-order chi connectivity index (χ1) is 7.88. The van der Waals surface area contributed by atoms with Crippen LogP contribution in [0.5, 0.6) is 0 Å².